The van der Waals surface area contributed by atoms with Gasteiger partial charge in [-0.2, -0.15) is 0 Å². The highest BCUT2D eigenvalue weighted by atomic mass is 35.5. The van der Waals surface area contributed by atoms with Crippen molar-refractivity contribution in [1.82, 2.24) is 5.32 Å². The van der Waals surface area contributed by atoms with Crippen LogP contribution in [0.3, 0.4) is 0 Å². The molecule has 1 amide bonds. The number of carbonyl (C=O) groups is 1. The summed E-state index contributed by atoms with van der Waals surface area (Å²) in [5, 5.41) is 2.65. The zero-order chi connectivity index (χ0) is 17.9. The highest BCUT2D eigenvalue weighted by Gasteiger charge is 2.21. The third-order valence-electron chi connectivity index (χ3n) is 3.66. The normalized spacial score (nSPS) is 10.8. The number of hydrogen-bond acceptors (Lipinski definition) is 3. The van der Waals surface area contributed by atoms with E-state index in [1.807, 2.05) is 0 Å². The van der Waals surface area contributed by atoms with Gasteiger partial charge in [-0.05, 0) is 43.7 Å². The first kappa shape index (κ1) is 20.9. The summed E-state index contributed by atoms with van der Waals surface area (Å²) in [5.41, 5.74) is 5.35. The van der Waals surface area contributed by atoms with E-state index in [4.69, 9.17) is 10.5 Å². The standard InChI is InChI=1S/C18H20F2N2O2.ClH/c1-18(2,10-21)22-17(23)14-6-4-11(8-15(14)19)13-7-5-12(24-3)9-16(13)20;/h4-9H,10,21H2,1-3H3,(H,22,23);1H. The van der Waals surface area contributed by atoms with Gasteiger partial charge >= 0.3 is 0 Å². The number of hydrogen-bond donors (Lipinski definition) is 2. The van der Waals surface area contributed by atoms with Crippen molar-refractivity contribution in [1.29, 1.82) is 0 Å². The van der Waals surface area contributed by atoms with Gasteiger partial charge in [-0.15, -0.1) is 12.4 Å². The summed E-state index contributed by atoms with van der Waals surface area (Å²) >= 11 is 0. The Bertz CT molecular complexity index is 767. The summed E-state index contributed by atoms with van der Waals surface area (Å²) in [7, 11) is 1.43. The van der Waals surface area contributed by atoms with Crippen LogP contribution in [0.5, 0.6) is 5.75 Å². The van der Waals surface area contributed by atoms with Crippen molar-refractivity contribution in [2.45, 2.75) is 19.4 Å². The number of halogens is 3. The number of ether oxygens (including phenoxy) is 1. The van der Waals surface area contributed by atoms with Gasteiger partial charge < -0.3 is 15.8 Å². The van der Waals surface area contributed by atoms with Gasteiger partial charge in [0.2, 0.25) is 0 Å². The molecule has 0 aliphatic carbocycles. The zero-order valence-electron chi connectivity index (χ0n) is 14.2. The SMILES string of the molecule is COc1ccc(-c2ccc(C(=O)NC(C)(C)CN)c(F)c2)c(F)c1.Cl. The Morgan fingerprint density at radius 3 is 2.36 bits per heavy atom. The quantitative estimate of drug-likeness (QED) is 0.846. The van der Waals surface area contributed by atoms with Crippen LogP contribution in [0.2, 0.25) is 0 Å². The van der Waals surface area contributed by atoms with Crippen LogP contribution < -0.4 is 15.8 Å². The number of amides is 1. The second-order valence-corrected chi connectivity index (χ2v) is 6.08. The molecular formula is C18H21ClF2N2O2. The topological polar surface area (TPSA) is 64.3 Å². The Morgan fingerprint density at radius 1 is 1.16 bits per heavy atom. The van der Waals surface area contributed by atoms with Gasteiger partial charge in [0.05, 0.1) is 12.7 Å². The summed E-state index contributed by atoms with van der Waals surface area (Å²) in [6.45, 7) is 3.70. The van der Waals surface area contributed by atoms with Gasteiger partial charge in [-0.25, -0.2) is 8.78 Å². The van der Waals surface area contributed by atoms with E-state index in [9.17, 15) is 13.6 Å². The Morgan fingerprint density at radius 2 is 1.84 bits per heavy atom. The van der Waals surface area contributed by atoms with Crippen molar-refractivity contribution in [3.63, 3.8) is 0 Å². The van der Waals surface area contributed by atoms with E-state index in [2.05, 4.69) is 5.32 Å². The lowest BCUT2D eigenvalue weighted by Gasteiger charge is -2.24. The van der Waals surface area contributed by atoms with Crippen LogP contribution in [0.25, 0.3) is 11.1 Å². The summed E-state index contributed by atoms with van der Waals surface area (Å²) in [6.07, 6.45) is 0. The molecule has 2 aromatic rings. The highest BCUT2D eigenvalue weighted by molar-refractivity contribution is 5.95. The van der Waals surface area contributed by atoms with E-state index >= 15 is 0 Å². The highest BCUT2D eigenvalue weighted by Crippen LogP contribution is 2.27. The monoisotopic (exact) mass is 370 g/mol. The van der Waals surface area contributed by atoms with Crippen molar-refractivity contribution < 1.29 is 18.3 Å². The molecule has 0 saturated carbocycles. The lowest BCUT2D eigenvalue weighted by Crippen LogP contribution is -2.49. The lowest BCUT2D eigenvalue weighted by atomic mass is 10.0. The van der Waals surface area contributed by atoms with Crippen LogP contribution in [0.4, 0.5) is 8.78 Å². The summed E-state index contributed by atoms with van der Waals surface area (Å²) in [6, 6.07) is 8.27. The van der Waals surface area contributed by atoms with Gasteiger partial charge in [0.15, 0.2) is 0 Å². The summed E-state index contributed by atoms with van der Waals surface area (Å²) in [4.78, 5) is 12.1. The fourth-order valence-electron chi connectivity index (χ4n) is 2.15. The minimum Gasteiger partial charge on any atom is -0.497 e. The molecule has 4 nitrogen and oxygen atoms in total. The minimum atomic E-state index is -0.729. The number of benzene rings is 2. The molecule has 0 bridgehead atoms. The fourth-order valence-corrected chi connectivity index (χ4v) is 2.15. The molecule has 0 fully saturated rings. The molecule has 0 atom stereocenters. The van der Waals surface area contributed by atoms with Gasteiger partial charge in [-0.3, -0.25) is 4.79 Å². The molecule has 0 unspecified atom stereocenters. The molecule has 2 rings (SSSR count). The van der Waals surface area contributed by atoms with Crippen LogP contribution in [-0.2, 0) is 0 Å². The summed E-state index contributed by atoms with van der Waals surface area (Å²) in [5.74, 6) is -1.45. The predicted octanol–water partition coefficient (Wildman–Crippen LogP) is 3.53. The number of rotatable bonds is 5. The number of nitrogens with one attached hydrogen (secondary N) is 1. The van der Waals surface area contributed by atoms with E-state index in [0.717, 1.165) is 6.07 Å². The van der Waals surface area contributed by atoms with Crippen molar-refractivity contribution in [2.75, 3.05) is 13.7 Å². The second kappa shape index (κ2) is 8.27. The van der Waals surface area contributed by atoms with Crippen molar-refractivity contribution >= 4 is 18.3 Å². The van der Waals surface area contributed by atoms with Crippen molar-refractivity contribution in [3.05, 3.63) is 53.6 Å². The largest absolute Gasteiger partial charge is 0.497 e. The molecule has 0 aromatic heterocycles. The van der Waals surface area contributed by atoms with Gasteiger partial charge in [0.1, 0.15) is 17.4 Å². The molecule has 3 N–H and O–H groups in total. The van der Waals surface area contributed by atoms with Crippen molar-refractivity contribution in [2.24, 2.45) is 5.73 Å². The van der Waals surface area contributed by atoms with E-state index in [-0.39, 0.29) is 30.1 Å². The Hall–Kier alpha value is -2.18. The van der Waals surface area contributed by atoms with Crippen molar-refractivity contribution in [3.8, 4) is 16.9 Å². The number of methoxy groups -OCH3 is 1. The molecule has 0 spiro atoms. The molecule has 0 aliphatic heterocycles. The van der Waals surface area contributed by atoms with E-state index < -0.39 is 23.1 Å². The van der Waals surface area contributed by atoms with Gasteiger partial charge in [0.25, 0.3) is 5.91 Å². The third-order valence-corrected chi connectivity index (χ3v) is 3.66. The molecule has 0 saturated heterocycles. The lowest BCUT2D eigenvalue weighted by molar-refractivity contribution is 0.0911. The number of carbonyl (C=O) groups excluding carboxylic acids is 1. The van der Waals surface area contributed by atoms with E-state index in [1.165, 1.54) is 31.4 Å². The maximum Gasteiger partial charge on any atom is 0.254 e. The fraction of sp³-hybridized carbons (Fsp3) is 0.278. The third kappa shape index (κ3) is 4.90. The minimum absolute atomic E-state index is 0. The van der Waals surface area contributed by atoms with E-state index in [0.29, 0.717) is 11.3 Å². The van der Waals surface area contributed by atoms with Crippen LogP contribution in [0.15, 0.2) is 36.4 Å². The maximum atomic E-state index is 14.3. The first-order valence-electron chi connectivity index (χ1n) is 7.43. The molecule has 0 aliphatic rings. The van der Waals surface area contributed by atoms with Gasteiger partial charge in [0, 0.05) is 23.7 Å². The second-order valence-electron chi connectivity index (χ2n) is 6.08. The van der Waals surface area contributed by atoms with Crippen LogP contribution in [0.1, 0.15) is 24.2 Å². The predicted molar refractivity (Wildman–Crippen MR) is 96.2 cm³/mol. The average Bonchev–Trinajstić information content (AvgIpc) is 2.54. The maximum absolute atomic E-state index is 14.3. The summed E-state index contributed by atoms with van der Waals surface area (Å²) < 4.78 is 33.3. The Kier molecular flexibility index (Phi) is 6.90. The van der Waals surface area contributed by atoms with Crippen LogP contribution in [0, 0.1) is 11.6 Å². The smallest absolute Gasteiger partial charge is 0.254 e. The Labute approximate surface area is 151 Å². The zero-order valence-corrected chi connectivity index (χ0v) is 15.0. The van der Waals surface area contributed by atoms with Crippen LogP contribution in [-0.4, -0.2) is 25.1 Å². The molecule has 25 heavy (non-hydrogen) atoms. The first-order valence-corrected chi connectivity index (χ1v) is 7.43. The molecule has 136 valence electrons. The Balaban J connectivity index is 0.00000312. The van der Waals surface area contributed by atoms with Gasteiger partial charge in [-0.1, -0.05) is 6.07 Å². The molecule has 0 heterocycles. The molecule has 7 heteroatoms. The first-order chi connectivity index (χ1) is 11.3. The molecular weight excluding hydrogens is 350 g/mol. The van der Waals surface area contributed by atoms with Crippen LogP contribution >= 0.6 is 12.4 Å². The molecule has 2 aromatic carbocycles. The molecule has 0 radical (unpaired) electrons. The average molecular weight is 371 g/mol. The van der Waals surface area contributed by atoms with E-state index in [1.54, 1.807) is 19.9 Å². The number of nitrogens with two attached hydrogens (primary N) is 1.